The summed E-state index contributed by atoms with van der Waals surface area (Å²) in [5.74, 6) is 0.850. The number of thiophene rings is 1. The van der Waals surface area contributed by atoms with Crippen LogP contribution in [0.2, 0.25) is 0 Å². The molecule has 4 aromatic rings. The van der Waals surface area contributed by atoms with Gasteiger partial charge in [-0.05, 0) is 49.4 Å². The van der Waals surface area contributed by atoms with Gasteiger partial charge in [-0.1, -0.05) is 30.0 Å². The quantitative estimate of drug-likeness (QED) is 0.255. The molecule has 7 heteroatoms. The molecule has 0 aliphatic rings. The molecule has 29 heavy (non-hydrogen) atoms. The minimum absolute atomic E-state index is 0.0334. The topological polar surface area (TPSA) is 61.2 Å². The Bertz CT molecular complexity index is 1230. The molecule has 5 nitrogen and oxygen atoms in total. The monoisotopic (exact) mass is 422 g/mol. The van der Waals surface area contributed by atoms with Crippen molar-refractivity contribution >= 4 is 39.1 Å². The molecule has 2 aromatic heterocycles. The third kappa shape index (κ3) is 3.97. The predicted octanol–water partition coefficient (Wildman–Crippen LogP) is 4.74. The largest absolute Gasteiger partial charge is 0.497 e. The average molecular weight is 423 g/mol. The van der Waals surface area contributed by atoms with E-state index in [0.717, 1.165) is 10.6 Å². The first kappa shape index (κ1) is 19.4. The van der Waals surface area contributed by atoms with Crippen LogP contribution in [-0.4, -0.2) is 28.2 Å². The second kappa shape index (κ2) is 8.23. The maximum Gasteiger partial charge on any atom is 0.267 e. The van der Waals surface area contributed by atoms with Crippen LogP contribution in [0.3, 0.4) is 0 Å². The van der Waals surface area contributed by atoms with Crippen LogP contribution < -0.4 is 10.3 Å². The van der Waals surface area contributed by atoms with E-state index in [9.17, 15) is 9.59 Å². The number of hydrogen-bond acceptors (Lipinski definition) is 6. The lowest BCUT2D eigenvalue weighted by atomic mass is 10.1. The van der Waals surface area contributed by atoms with Gasteiger partial charge in [0.25, 0.3) is 5.56 Å². The third-order valence-corrected chi connectivity index (χ3v) is 6.30. The van der Waals surface area contributed by atoms with Gasteiger partial charge in [0.15, 0.2) is 10.9 Å². The Balaban J connectivity index is 1.70. The molecule has 0 saturated carbocycles. The van der Waals surface area contributed by atoms with Gasteiger partial charge >= 0.3 is 0 Å². The Morgan fingerprint density at radius 2 is 1.86 bits per heavy atom. The molecule has 0 spiro atoms. The van der Waals surface area contributed by atoms with E-state index in [1.54, 1.807) is 35.9 Å². The van der Waals surface area contributed by atoms with Crippen molar-refractivity contribution in [1.82, 2.24) is 9.55 Å². The molecule has 0 N–H and O–H groups in total. The molecule has 0 aliphatic carbocycles. The van der Waals surface area contributed by atoms with Crippen molar-refractivity contribution in [2.75, 3.05) is 12.9 Å². The first-order valence-electron chi connectivity index (χ1n) is 8.95. The van der Waals surface area contributed by atoms with Gasteiger partial charge in [-0.15, -0.1) is 11.3 Å². The second-order valence-electron chi connectivity index (χ2n) is 6.39. The Hall–Kier alpha value is -2.90. The normalized spacial score (nSPS) is 11.0. The van der Waals surface area contributed by atoms with Gasteiger partial charge in [0.1, 0.15) is 10.6 Å². The number of aryl methyl sites for hydroxylation is 1. The molecule has 0 amide bonds. The standard InChI is InChI=1S/C22H18N2O3S2/c1-14-12-18-20(29-14)23-22(24(21(18)26)16-6-4-3-5-7-16)28-13-19(25)15-8-10-17(27-2)11-9-15/h3-12H,13H2,1-2H3. The molecule has 2 heterocycles. The number of hydrogen-bond donors (Lipinski definition) is 0. The third-order valence-electron chi connectivity index (χ3n) is 4.42. The van der Waals surface area contributed by atoms with Gasteiger partial charge in [-0.25, -0.2) is 4.98 Å². The number of thioether (sulfide) groups is 1. The van der Waals surface area contributed by atoms with Crippen LogP contribution in [-0.2, 0) is 0 Å². The molecule has 2 aromatic carbocycles. The lowest BCUT2D eigenvalue weighted by molar-refractivity contribution is 0.102. The van der Waals surface area contributed by atoms with Crippen LogP contribution in [0.5, 0.6) is 5.75 Å². The van der Waals surface area contributed by atoms with Crippen molar-refractivity contribution < 1.29 is 9.53 Å². The van der Waals surface area contributed by atoms with E-state index in [-0.39, 0.29) is 17.1 Å². The fourth-order valence-electron chi connectivity index (χ4n) is 2.97. The smallest absolute Gasteiger partial charge is 0.267 e. The minimum atomic E-state index is -0.120. The zero-order chi connectivity index (χ0) is 20.4. The number of methoxy groups -OCH3 is 1. The molecular formula is C22H18N2O3S2. The predicted molar refractivity (Wildman–Crippen MR) is 118 cm³/mol. The summed E-state index contributed by atoms with van der Waals surface area (Å²) < 4.78 is 6.72. The lowest BCUT2D eigenvalue weighted by Gasteiger charge is -2.11. The first-order chi connectivity index (χ1) is 14.1. The highest BCUT2D eigenvalue weighted by Crippen LogP contribution is 2.26. The summed E-state index contributed by atoms with van der Waals surface area (Å²) in [5, 5.41) is 1.11. The summed E-state index contributed by atoms with van der Waals surface area (Å²) in [6, 6.07) is 18.3. The van der Waals surface area contributed by atoms with Crippen LogP contribution in [0.25, 0.3) is 15.9 Å². The van der Waals surface area contributed by atoms with Crippen molar-refractivity contribution in [2.45, 2.75) is 12.1 Å². The maximum atomic E-state index is 13.2. The molecule has 0 unspecified atom stereocenters. The van der Waals surface area contributed by atoms with Crippen LogP contribution in [0, 0.1) is 6.92 Å². The maximum absolute atomic E-state index is 13.2. The van der Waals surface area contributed by atoms with Crippen molar-refractivity contribution in [3.63, 3.8) is 0 Å². The van der Waals surface area contributed by atoms with Crippen LogP contribution in [0.4, 0.5) is 0 Å². The number of rotatable bonds is 6. The van der Waals surface area contributed by atoms with E-state index < -0.39 is 0 Å². The molecule has 4 rings (SSSR count). The number of benzene rings is 2. The Morgan fingerprint density at radius 1 is 1.14 bits per heavy atom. The zero-order valence-corrected chi connectivity index (χ0v) is 17.5. The molecule has 146 valence electrons. The highest BCUT2D eigenvalue weighted by molar-refractivity contribution is 7.99. The second-order valence-corrected chi connectivity index (χ2v) is 8.56. The fraction of sp³-hybridized carbons (Fsp3) is 0.136. The molecule has 0 atom stereocenters. The average Bonchev–Trinajstić information content (AvgIpc) is 3.13. The molecule has 0 fully saturated rings. The van der Waals surface area contributed by atoms with Crippen LogP contribution in [0.1, 0.15) is 15.2 Å². The van der Waals surface area contributed by atoms with Crippen molar-refractivity contribution in [2.24, 2.45) is 0 Å². The number of Topliss-reactive ketones (excluding diaryl/α,β-unsaturated/α-hetero) is 1. The fourth-order valence-corrected chi connectivity index (χ4v) is 4.80. The number of ketones is 1. The molecular weight excluding hydrogens is 404 g/mol. The lowest BCUT2D eigenvalue weighted by Crippen LogP contribution is -2.21. The summed E-state index contributed by atoms with van der Waals surface area (Å²) in [6.07, 6.45) is 0. The van der Waals surface area contributed by atoms with E-state index in [0.29, 0.717) is 26.7 Å². The molecule has 0 aliphatic heterocycles. The van der Waals surface area contributed by atoms with Gasteiger partial charge in [0.05, 0.1) is 23.9 Å². The highest BCUT2D eigenvalue weighted by atomic mass is 32.2. The zero-order valence-electron chi connectivity index (χ0n) is 15.9. The number of carbonyl (C=O) groups is 1. The van der Waals surface area contributed by atoms with Crippen molar-refractivity contribution in [3.05, 3.63) is 81.5 Å². The van der Waals surface area contributed by atoms with Gasteiger partial charge in [-0.3, -0.25) is 14.2 Å². The Morgan fingerprint density at radius 3 is 2.55 bits per heavy atom. The Kier molecular flexibility index (Phi) is 5.51. The number of carbonyl (C=O) groups excluding carboxylic acids is 1. The minimum Gasteiger partial charge on any atom is -0.497 e. The number of ether oxygens (including phenoxy) is 1. The van der Waals surface area contributed by atoms with Gasteiger partial charge in [0.2, 0.25) is 0 Å². The van der Waals surface area contributed by atoms with Gasteiger partial charge < -0.3 is 4.74 Å². The molecule has 0 bridgehead atoms. The summed E-state index contributed by atoms with van der Waals surface area (Å²) >= 11 is 2.75. The van der Waals surface area contributed by atoms with E-state index >= 15 is 0 Å². The summed E-state index contributed by atoms with van der Waals surface area (Å²) in [5.41, 5.74) is 1.21. The van der Waals surface area contributed by atoms with Gasteiger partial charge in [0, 0.05) is 10.4 Å². The highest BCUT2D eigenvalue weighted by Gasteiger charge is 2.17. The summed E-state index contributed by atoms with van der Waals surface area (Å²) in [6.45, 7) is 1.96. The van der Waals surface area contributed by atoms with Gasteiger partial charge in [-0.2, -0.15) is 0 Å². The summed E-state index contributed by atoms with van der Waals surface area (Å²) in [4.78, 5) is 32.2. The first-order valence-corrected chi connectivity index (χ1v) is 10.8. The number of aromatic nitrogens is 2. The van der Waals surface area contributed by atoms with Crippen LogP contribution >= 0.6 is 23.1 Å². The van der Waals surface area contributed by atoms with Crippen LogP contribution in [0.15, 0.2) is 70.6 Å². The van der Waals surface area contributed by atoms with Crippen molar-refractivity contribution in [3.8, 4) is 11.4 Å². The number of nitrogens with zero attached hydrogens (tertiary/aromatic N) is 2. The van der Waals surface area contributed by atoms with E-state index in [2.05, 4.69) is 0 Å². The van der Waals surface area contributed by atoms with E-state index in [4.69, 9.17) is 9.72 Å². The van der Waals surface area contributed by atoms with E-state index in [1.807, 2.05) is 43.3 Å². The van der Waals surface area contributed by atoms with E-state index in [1.165, 1.54) is 23.1 Å². The Labute approximate surface area is 176 Å². The number of para-hydroxylation sites is 1. The number of fused-ring (bicyclic) bond motifs is 1. The molecule has 0 radical (unpaired) electrons. The summed E-state index contributed by atoms with van der Waals surface area (Å²) in [7, 11) is 1.59. The van der Waals surface area contributed by atoms with Crippen molar-refractivity contribution in [1.29, 1.82) is 0 Å². The SMILES string of the molecule is COc1ccc(C(=O)CSc2nc3sc(C)cc3c(=O)n2-c2ccccc2)cc1. The molecule has 0 saturated heterocycles.